The van der Waals surface area contributed by atoms with Crippen molar-refractivity contribution in [1.29, 1.82) is 0 Å². The van der Waals surface area contributed by atoms with Crippen LogP contribution in [0.25, 0.3) is 0 Å². The first-order valence-corrected chi connectivity index (χ1v) is 10.7. The molecule has 1 fully saturated rings. The molecule has 2 atom stereocenters. The number of aromatic nitrogens is 5. The Hall–Kier alpha value is -3.90. The molecule has 1 saturated carbocycles. The summed E-state index contributed by atoms with van der Waals surface area (Å²) in [4.78, 5) is 55.7. The van der Waals surface area contributed by atoms with Gasteiger partial charge in [-0.3, -0.25) is 24.1 Å². The summed E-state index contributed by atoms with van der Waals surface area (Å²) in [5.74, 6) is -1.51. The van der Waals surface area contributed by atoms with Crippen LogP contribution < -0.4 is 15.5 Å². The van der Waals surface area contributed by atoms with E-state index in [0.717, 1.165) is 12.8 Å². The number of H-pyrrole nitrogens is 1. The number of hydrogen-bond donors (Lipinski definition) is 4. The molecule has 0 saturated heterocycles. The lowest BCUT2D eigenvalue weighted by atomic mass is 10.1. The van der Waals surface area contributed by atoms with Crippen LogP contribution in [0.4, 0.5) is 5.82 Å². The molecule has 0 aromatic carbocycles. The van der Waals surface area contributed by atoms with Crippen molar-refractivity contribution in [3.05, 3.63) is 29.7 Å². The van der Waals surface area contributed by atoms with Gasteiger partial charge in [0.15, 0.2) is 5.82 Å². The van der Waals surface area contributed by atoms with Crippen molar-refractivity contribution in [2.45, 2.75) is 57.2 Å². The van der Waals surface area contributed by atoms with Crippen molar-refractivity contribution in [2.75, 3.05) is 4.90 Å². The molecule has 2 unspecified atom stereocenters. The number of pyridine rings is 1. The molecule has 174 valence electrons. The predicted octanol–water partition coefficient (Wildman–Crippen LogP) is -0.681. The van der Waals surface area contributed by atoms with Crippen LogP contribution in [-0.2, 0) is 32.1 Å². The minimum Gasteiger partial charge on any atom is -0.481 e. The molecular formula is C20H24N8O5. The molecule has 13 heteroatoms. The lowest BCUT2D eigenvalue weighted by molar-refractivity contribution is -0.138. The summed E-state index contributed by atoms with van der Waals surface area (Å²) in [6, 6.07) is 1.47. The van der Waals surface area contributed by atoms with E-state index in [1.165, 1.54) is 11.1 Å². The third kappa shape index (κ3) is 5.48. The molecular weight excluding hydrogens is 432 g/mol. The predicted molar refractivity (Wildman–Crippen MR) is 111 cm³/mol. The second kappa shape index (κ2) is 9.71. The minimum absolute atomic E-state index is 0.0121. The molecule has 3 heterocycles. The standard InChI is InChI=1S/C20H24N8O5/c29-16(8-11-3-4-11)23-13(5-6-17(30)31)20(33)28-14(9-12-2-1-7-21-18(12)28)19(32)22-10-15-24-26-27-25-15/h1-2,7,11,13-14H,3-6,8-10H2,(H,22,32)(H,23,29)(H,30,31)(H,24,25,26,27). The zero-order valence-electron chi connectivity index (χ0n) is 17.7. The molecule has 1 aliphatic carbocycles. The van der Waals surface area contributed by atoms with E-state index in [9.17, 15) is 19.2 Å². The van der Waals surface area contributed by atoms with Crippen molar-refractivity contribution in [2.24, 2.45) is 5.92 Å². The highest BCUT2D eigenvalue weighted by molar-refractivity contribution is 6.06. The van der Waals surface area contributed by atoms with Gasteiger partial charge in [0, 0.05) is 25.5 Å². The van der Waals surface area contributed by atoms with Crippen molar-refractivity contribution in [1.82, 2.24) is 36.2 Å². The van der Waals surface area contributed by atoms with E-state index in [0.29, 0.717) is 23.7 Å². The number of aromatic amines is 1. The van der Waals surface area contributed by atoms with Crippen LogP contribution in [-0.4, -0.2) is 66.5 Å². The smallest absolute Gasteiger partial charge is 0.303 e. The quantitative estimate of drug-likeness (QED) is 0.360. The first-order chi connectivity index (χ1) is 15.9. The zero-order valence-corrected chi connectivity index (χ0v) is 17.7. The highest BCUT2D eigenvalue weighted by atomic mass is 16.4. The molecule has 4 rings (SSSR count). The van der Waals surface area contributed by atoms with E-state index < -0.39 is 29.9 Å². The Bertz CT molecular complexity index is 1040. The molecule has 0 bridgehead atoms. The fraction of sp³-hybridized carbons (Fsp3) is 0.500. The summed E-state index contributed by atoms with van der Waals surface area (Å²) in [5, 5.41) is 27.8. The molecule has 2 aromatic heterocycles. The molecule has 13 nitrogen and oxygen atoms in total. The summed E-state index contributed by atoms with van der Waals surface area (Å²) < 4.78 is 0. The zero-order chi connectivity index (χ0) is 23.4. The Morgan fingerprint density at radius 2 is 2.09 bits per heavy atom. The van der Waals surface area contributed by atoms with Crippen LogP contribution in [0, 0.1) is 5.92 Å². The molecule has 0 spiro atoms. The normalized spacial score (nSPS) is 17.8. The Morgan fingerprint density at radius 3 is 2.79 bits per heavy atom. The van der Waals surface area contributed by atoms with E-state index in [1.54, 1.807) is 12.1 Å². The van der Waals surface area contributed by atoms with Gasteiger partial charge >= 0.3 is 5.97 Å². The fourth-order valence-electron chi connectivity index (χ4n) is 3.79. The van der Waals surface area contributed by atoms with Gasteiger partial charge in [0.25, 0.3) is 5.91 Å². The average Bonchev–Trinajstić information content (AvgIpc) is 3.30. The lowest BCUT2D eigenvalue weighted by Crippen LogP contribution is -2.55. The topological polar surface area (TPSA) is 183 Å². The van der Waals surface area contributed by atoms with E-state index >= 15 is 0 Å². The SMILES string of the molecule is O=C(O)CCC(NC(=O)CC1CC1)C(=O)N1c2ncccc2CC1C(=O)NCc1nn[nH]n1. The number of carbonyl (C=O) groups excluding carboxylic acids is 3. The van der Waals surface area contributed by atoms with Crippen molar-refractivity contribution >= 4 is 29.5 Å². The number of tetrazole rings is 1. The second-order valence-electron chi connectivity index (χ2n) is 8.16. The van der Waals surface area contributed by atoms with Gasteiger partial charge in [-0.2, -0.15) is 5.21 Å². The molecule has 1 aliphatic heterocycles. The number of amides is 3. The van der Waals surface area contributed by atoms with Crippen molar-refractivity contribution in [3.8, 4) is 0 Å². The van der Waals surface area contributed by atoms with Gasteiger partial charge in [0.05, 0.1) is 6.54 Å². The Kier molecular flexibility index (Phi) is 6.56. The van der Waals surface area contributed by atoms with Crippen molar-refractivity contribution in [3.63, 3.8) is 0 Å². The first kappa shape index (κ1) is 22.3. The molecule has 2 aliphatic rings. The number of fused-ring (bicyclic) bond motifs is 1. The Morgan fingerprint density at radius 1 is 1.27 bits per heavy atom. The number of carboxylic acid groups (broad SMARTS) is 1. The average molecular weight is 456 g/mol. The van der Waals surface area contributed by atoms with E-state index in [2.05, 4.69) is 36.2 Å². The van der Waals surface area contributed by atoms with Gasteiger partial charge in [-0.25, -0.2) is 4.98 Å². The maximum Gasteiger partial charge on any atom is 0.303 e. The number of nitrogens with zero attached hydrogens (tertiary/aromatic N) is 5. The fourth-order valence-corrected chi connectivity index (χ4v) is 3.79. The molecule has 3 amide bonds. The molecule has 0 radical (unpaired) electrons. The van der Waals surface area contributed by atoms with Gasteiger partial charge in [-0.1, -0.05) is 11.3 Å². The van der Waals surface area contributed by atoms with Gasteiger partial charge in [0.1, 0.15) is 17.9 Å². The second-order valence-corrected chi connectivity index (χ2v) is 8.16. The Balaban J connectivity index is 1.54. The van der Waals surface area contributed by atoms with Gasteiger partial charge in [-0.05, 0) is 36.8 Å². The number of carbonyl (C=O) groups is 4. The van der Waals surface area contributed by atoms with Gasteiger partial charge in [-0.15, -0.1) is 10.2 Å². The van der Waals surface area contributed by atoms with Crippen LogP contribution in [0.3, 0.4) is 0 Å². The number of carboxylic acids is 1. The maximum atomic E-state index is 13.6. The van der Waals surface area contributed by atoms with E-state index in [1.807, 2.05) is 0 Å². The summed E-state index contributed by atoms with van der Waals surface area (Å²) in [7, 11) is 0. The Labute approximate surface area is 188 Å². The van der Waals surface area contributed by atoms with Crippen LogP contribution in [0.5, 0.6) is 0 Å². The summed E-state index contributed by atoms with van der Waals surface area (Å²) in [5.41, 5.74) is 0.701. The van der Waals surface area contributed by atoms with Crippen LogP contribution >= 0.6 is 0 Å². The summed E-state index contributed by atoms with van der Waals surface area (Å²) >= 11 is 0. The number of rotatable bonds is 10. The number of nitrogens with one attached hydrogen (secondary N) is 3. The number of aliphatic carboxylic acids is 1. The lowest BCUT2D eigenvalue weighted by Gasteiger charge is -2.28. The monoisotopic (exact) mass is 456 g/mol. The van der Waals surface area contributed by atoms with Crippen LogP contribution in [0.1, 0.15) is 43.5 Å². The molecule has 33 heavy (non-hydrogen) atoms. The van der Waals surface area contributed by atoms with E-state index in [4.69, 9.17) is 5.11 Å². The summed E-state index contributed by atoms with van der Waals surface area (Å²) in [6.07, 6.45) is 3.56. The third-order valence-electron chi connectivity index (χ3n) is 5.62. The third-order valence-corrected chi connectivity index (χ3v) is 5.62. The number of anilines is 1. The van der Waals surface area contributed by atoms with Crippen LogP contribution in [0.2, 0.25) is 0 Å². The maximum absolute atomic E-state index is 13.6. The molecule has 4 N–H and O–H groups in total. The molecule has 2 aromatic rings. The van der Waals surface area contributed by atoms with Crippen molar-refractivity contribution < 1.29 is 24.3 Å². The van der Waals surface area contributed by atoms with Gasteiger partial charge in [0.2, 0.25) is 11.8 Å². The highest BCUT2D eigenvalue weighted by Crippen LogP contribution is 2.33. The minimum atomic E-state index is -1.09. The summed E-state index contributed by atoms with van der Waals surface area (Å²) in [6.45, 7) is 0.0121. The van der Waals surface area contributed by atoms with E-state index in [-0.39, 0.29) is 37.5 Å². The van der Waals surface area contributed by atoms with Crippen LogP contribution in [0.15, 0.2) is 18.3 Å². The van der Waals surface area contributed by atoms with Gasteiger partial charge < -0.3 is 15.7 Å². The largest absolute Gasteiger partial charge is 0.481 e. The highest BCUT2D eigenvalue weighted by Gasteiger charge is 2.42. The first-order valence-electron chi connectivity index (χ1n) is 10.7. The number of hydrogen-bond acceptors (Lipinski definition) is 8.